The second-order valence-corrected chi connectivity index (χ2v) is 8.46. The summed E-state index contributed by atoms with van der Waals surface area (Å²) in [4.78, 5) is 0. The van der Waals surface area contributed by atoms with Crippen LogP contribution in [-0.4, -0.2) is 44.7 Å². The van der Waals surface area contributed by atoms with Crippen LogP contribution >= 0.6 is 0 Å². The lowest BCUT2D eigenvalue weighted by Gasteiger charge is -2.37. The molecular weight excluding hydrogens is 260 g/mol. The fourth-order valence-electron chi connectivity index (χ4n) is 2.57. The van der Waals surface area contributed by atoms with Gasteiger partial charge in [0, 0.05) is 13.1 Å². The van der Waals surface area contributed by atoms with E-state index < -0.39 is 10.0 Å². The molecule has 0 amide bonds. The Hall–Kier alpha value is -0.130. The largest absolute Gasteiger partial charge is 0.317 e. The lowest BCUT2D eigenvalue weighted by atomic mass is 9.85. The zero-order valence-electron chi connectivity index (χ0n) is 12.7. The van der Waals surface area contributed by atoms with Crippen LogP contribution in [0.25, 0.3) is 0 Å². The highest BCUT2D eigenvalue weighted by atomic mass is 32.2. The van der Waals surface area contributed by atoms with Gasteiger partial charge in [-0.15, -0.1) is 0 Å². The molecular formula is C14H30N2O2S. The van der Waals surface area contributed by atoms with Gasteiger partial charge < -0.3 is 5.32 Å². The maximum absolute atomic E-state index is 12.3. The number of nitrogens with one attached hydrogen (secondary N) is 1. The van der Waals surface area contributed by atoms with Crippen molar-refractivity contribution in [2.75, 3.05) is 31.9 Å². The van der Waals surface area contributed by atoms with Gasteiger partial charge >= 0.3 is 0 Å². The number of piperidine rings is 1. The van der Waals surface area contributed by atoms with Gasteiger partial charge in [0.1, 0.15) is 0 Å². The second kappa shape index (κ2) is 7.60. The summed E-state index contributed by atoms with van der Waals surface area (Å²) in [5.74, 6) is 0.302. The van der Waals surface area contributed by atoms with Crippen LogP contribution in [0, 0.1) is 5.41 Å². The first-order valence-corrected chi connectivity index (χ1v) is 9.17. The third-order valence-corrected chi connectivity index (χ3v) is 5.59. The smallest absolute Gasteiger partial charge is 0.214 e. The molecule has 114 valence electrons. The molecule has 0 aliphatic carbocycles. The third kappa shape index (κ3) is 6.23. The summed E-state index contributed by atoms with van der Waals surface area (Å²) in [6.45, 7) is 9.79. The molecule has 1 rings (SSSR count). The van der Waals surface area contributed by atoms with E-state index in [0.717, 1.165) is 45.2 Å². The summed E-state index contributed by atoms with van der Waals surface area (Å²) in [5.41, 5.74) is 0.133. The number of hydrogen-bond acceptors (Lipinski definition) is 3. The molecule has 1 fully saturated rings. The van der Waals surface area contributed by atoms with Crippen LogP contribution in [0.3, 0.4) is 0 Å². The molecule has 1 aliphatic heterocycles. The van der Waals surface area contributed by atoms with Crippen LogP contribution in [0.5, 0.6) is 0 Å². The first-order chi connectivity index (χ1) is 8.87. The van der Waals surface area contributed by atoms with Crippen LogP contribution in [0.15, 0.2) is 0 Å². The van der Waals surface area contributed by atoms with Gasteiger partial charge in [-0.2, -0.15) is 0 Å². The van der Waals surface area contributed by atoms with E-state index in [1.54, 1.807) is 4.31 Å². The standard InChI is InChI=1S/C14H30N2O2S/c1-4-9-15-10-5-6-12-19(17,18)16-11-7-8-14(2,3)13-16/h15H,4-13H2,1-3H3. The van der Waals surface area contributed by atoms with E-state index in [1.807, 2.05) is 0 Å². The minimum absolute atomic E-state index is 0.133. The van der Waals surface area contributed by atoms with Crippen LogP contribution < -0.4 is 5.32 Å². The van der Waals surface area contributed by atoms with Crippen molar-refractivity contribution in [2.24, 2.45) is 5.41 Å². The molecule has 0 radical (unpaired) electrons. The Balaban J connectivity index is 2.31. The first-order valence-electron chi connectivity index (χ1n) is 7.56. The Bertz CT molecular complexity index is 352. The molecule has 1 saturated heterocycles. The van der Waals surface area contributed by atoms with Gasteiger partial charge in [-0.25, -0.2) is 12.7 Å². The van der Waals surface area contributed by atoms with Crippen LogP contribution in [-0.2, 0) is 10.0 Å². The molecule has 0 saturated carbocycles. The average molecular weight is 290 g/mol. The van der Waals surface area contributed by atoms with Gasteiger partial charge in [0.15, 0.2) is 0 Å². The van der Waals surface area contributed by atoms with Gasteiger partial charge in [0.2, 0.25) is 10.0 Å². The highest BCUT2D eigenvalue weighted by Gasteiger charge is 2.32. The summed E-state index contributed by atoms with van der Waals surface area (Å²) >= 11 is 0. The second-order valence-electron chi connectivity index (χ2n) is 6.37. The van der Waals surface area contributed by atoms with E-state index in [2.05, 4.69) is 26.1 Å². The Labute approximate surface area is 119 Å². The molecule has 1 aliphatic rings. The molecule has 0 atom stereocenters. The van der Waals surface area contributed by atoms with E-state index in [1.165, 1.54) is 0 Å². The molecule has 0 aromatic heterocycles. The van der Waals surface area contributed by atoms with Gasteiger partial charge in [0.25, 0.3) is 0 Å². The van der Waals surface area contributed by atoms with Crippen molar-refractivity contribution in [1.29, 1.82) is 0 Å². The predicted octanol–water partition coefficient (Wildman–Crippen LogP) is 2.22. The predicted molar refractivity (Wildman–Crippen MR) is 80.8 cm³/mol. The van der Waals surface area contributed by atoms with Crippen molar-refractivity contribution >= 4 is 10.0 Å². The highest BCUT2D eigenvalue weighted by Crippen LogP contribution is 2.30. The van der Waals surface area contributed by atoms with Gasteiger partial charge in [0.05, 0.1) is 5.75 Å². The van der Waals surface area contributed by atoms with Gasteiger partial charge in [-0.1, -0.05) is 20.8 Å². The molecule has 0 aromatic rings. The highest BCUT2D eigenvalue weighted by molar-refractivity contribution is 7.89. The Morgan fingerprint density at radius 1 is 1.21 bits per heavy atom. The Morgan fingerprint density at radius 2 is 1.95 bits per heavy atom. The van der Waals surface area contributed by atoms with Crippen LogP contribution in [0.4, 0.5) is 0 Å². The van der Waals surface area contributed by atoms with Crippen molar-refractivity contribution in [2.45, 2.75) is 52.9 Å². The van der Waals surface area contributed by atoms with Crippen molar-refractivity contribution in [3.8, 4) is 0 Å². The third-order valence-electron chi connectivity index (χ3n) is 3.69. The Morgan fingerprint density at radius 3 is 2.58 bits per heavy atom. The molecule has 0 aromatic carbocycles. The van der Waals surface area contributed by atoms with Gasteiger partial charge in [-0.3, -0.25) is 0 Å². The normalized spacial score (nSPS) is 20.6. The summed E-state index contributed by atoms with van der Waals surface area (Å²) in [5, 5.41) is 3.31. The minimum Gasteiger partial charge on any atom is -0.317 e. The zero-order valence-corrected chi connectivity index (χ0v) is 13.6. The van der Waals surface area contributed by atoms with E-state index in [4.69, 9.17) is 0 Å². The maximum Gasteiger partial charge on any atom is 0.214 e. The molecule has 5 heteroatoms. The topological polar surface area (TPSA) is 49.4 Å². The SMILES string of the molecule is CCCNCCCCS(=O)(=O)N1CCCC(C)(C)C1. The average Bonchev–Trinajstić information content (AvgIpc) is 2.32. The molecule has 0 spiro atoms. The lowest BCUT2D eigenvalue weighted by Crippen LogP contribution is -2.44. The van der Waals surface area contributed by atoms with E-state index in [-0.39, 0.29) is 5.41 Å². The van der Waals surface area contributed by atoms with E-state index in [0.29, 0.717) is 18.8 Å². The monoisotopic (exact) mass is 290 g/mol. The van der Waals surface area contributed by atoms with E-state index in [9.17, 15) is 8.42 Å². The Kier molecular flexibility index (Phi) is 6.77. The summed E-state index contributed by atoms with van der Waals surface area (Å²) < 4.78 is 26.2. The fourth-order valence-corrected chi connectivity index (χ4v) is 4.35. The van der Waals surface area contributed by atoms with Crippen molar-refractivity contribution in [3.05, 3.63) is 0 Å². The molecule has 19 heavy (non-hydrogen) atoms. The molecule has 4 nitrogen and oxygen atoms in total. The summed E-state index contributed by atoms with van der Waals surface area (Å²) in [6.07, 6.45) is 4.94. The number of hydrogen-bond donors (Lipinski definition) is 1. The summed E-state index contributed by atoms with van der Waals surface area (Å²) in [7, 11) is -3.04. The molecule has 1 heterocycles. The van der Waals surface area contributed by atoms with Crippen molar-refractivity contribution in [3.63, 3.8) is 0 Å². The van der Waals surface area contributed by atoms with Crippen molar-refractivity contribution in [1.82, 2.24) is 9.62 Å². The van der Waals surface area contributed by atoms with Crippen LogP contribution in [0.2, 0.25) is 0 Å². The molecule has 1 N–H and O–H groups in total. The lowest BCUT2D eigenvalue weighted by molar-refractivity contribution is 0.187. The minimum atomic E-state index is -3.04. The first kappa shape index (κ1) is 16.9. The zero-order chi connectivity index (χ0) is 14.4. The fraction of sp³-hybridized carbons (Fsp3) is 1.00. The summed E-state index contributed by atoms with van der Waals surface area (Å²) in [6, 6.07) is 0. The van der Waals surface area contributed by atoms with Crippen molar-refractivity contribution < 1.29 is 8.42 Å². The number of sulfonamides is 1. The number of rotatable bonds is 8. The molecule has 0 bridgehead atoms. The molecule has 0 unspecified atom stereocenters. The van der Waals surface area contributed by atoms with Gasteiger partial charge in [-0.05, 0) is 50.6 Å². The maximum atomic E-state index is 12.3. The van der Waals surface area contributed by atoms with Crippen LogP contribution in [0.1, 0.15) is 52.9 Å². The van der Waals surface area contributed by atoms with E-state index >= 15 is 0 Å². The number of unbranched alkanes of at least 4 members (excludes halogenated alkanes) is 1. The number of nitrogens with zero attached hydrogens (tertiary/aromatic N) is 1. The quantitative estimate of drug-likeness (QED) is 0.697.